The van der Waals surface area contributed by atoms with Crippen molar-refractivity contribution in [3.8, 4) is 0 Å². The molecule has 0 saturated carbocycles. The van der Waals surface area contributed by atoms with Gasteiger partial charge in [0.1, 0.15) is 4.84 Å². The predicted molar refractivity (Wildman–Crippen MR) is 49.1 cm³/mol. The summed E-state index contributed by atoms with van der Waals surface area (Å²) in [5.74, 6) is -0.569. The molecule has 0 aliphatic heterocycles. The first-order valence-electron chi connectivity index (χ1n) is 2.37. The van der Waals surface area contributed by atoms with Gasteiger partial charge in [0.15, 0.2) is 14.2 Å². The summed E-state index contributed by atoms with van der Waals surface area (Å²) in [6.07, 6.45) is 2.82. The molecule has 0 heterocycles. The number of rotatable bonds is 3. The molecule has 0 bridgehead atoms. The molecular formula is C4H5Cl4O2S. The molecule has 0 aromatic rings. The first-order chi connectivity index (χ1) is 4.65. The Hall–Kier alpha value is 1.11. The molecule has 0 N–H and O–H groups in total. The van der Waals surface area contributed by atoms with E-state index >= 15 is 0 Å². The van der Waals surface area contributed by atoms with Gasteiger partial charge in [-0.15, -0.1) is 23.2 Å². The Morgan fingerprint density at radius 1 is 1.36 bits per heavy atom. The smallest absolute Gasteiger partial charge is 0.162 e. The summed E-state index contributed by atoms with van der Waals surface area (Å²) < 4.78 is 19.4. The third kappa shape index (κ3) is 5.36. The summed E-state index contributed by atoms with van der Waals surface area (Å²) in [6.45, 7) is 0. The molecule has 0 unspecified atom stereocenters. The summed E-state index contributed by atoms with van der Waals surface area (Å²) >= 11 is 21.4. The summed E-state index contributed by atoms with van der Waals surface area (Å²) in [7, 11) is -3.51. The van der Waals surface area contributed by atoms with Crippen LogP contribution < -0.4 is 0 Å². The molecule has 0 spiro atoms. The van der Waals surface area contributed by atoms with E-state index in [4.69, 9.17) is 46.4 Å². The van der Waals surface area contributed by atoms with E-state index in [0.717, 1.165) is 0 Å². The quantitative estimate of drug-likeness (QED) is 0.728. The number of sulfone groups is 1. The highest BCUT2D eigenvalue weighted by Crippen LogP contribution is 2.33. The summed E-state index contributed by atoms with van der Waals surface area (Å²) in [4.78, 5) is -1.16. The minimum absolute atomic E-state index is 0.569. The van der Waals surface area contributed by atoms with Crippen LogP contribution in [-0.4, -0.2) is 23.3 Å². The number of hydrogen-bond acceptors (Lipinski definition) is 2. The van der Waals surface area contributed by atoms with Gasteiger partial charge in [0.25, 0.3) is 0 Å². The largest absolute Gasteiger partial charge is 0.229 e. The monoisotopic (exact) mass is 257 g/mol. The minimum Gasteiger partial charge on any atom is -0.229 e. The third-order valence-electron chi connectivity index (χ3n) is 0.732. The number of halogens is 4. The Kier molecular flexibility index (Phi) is 4.27. The maximum Gasteiger partial charge on any atom is 0.162 e. The molecule has 0 saturated heterocycles. The van der Waals surface area contributed by atoms with E-state index in [0.29, 0.717) is 0 Å². The van der Waals surface area contributed by atoms with Crippen molar-refractivity contribution >= 4 is 56.2 Å². The molecule has 1 radical (unpaired) electrons. The topological polar surface area (TPSA) is 34.1 Å². The Bertz CT molecular complexity index is 220. The molecular weight excluding hydrogens is 254 g/mol. The second-order valence-electron chi connectivity index (χ2n) is 1.95. The Morgan fingerprint density at radius 3 is 1.82 bits per heavy atom. The fraction of sp³-hybridized carbons (Fsp3) is 0.750. The van der Waals surface area contributed by atoms with Gasteiger partial charge in [0.05, 0.1) is 12.0 Å². The van der Waals surface area contributed by atoms with Gasteiger partial charge in [-0.25, -0.2) is 8.42 Å². The maximum absolute atomic E-state index is 10.6. The molecule has 67 valence electrons. The Labute approximate surface area is 85.7 Å². The molecule has 0 atom stereocenters. The molecule has 7 heteroatoms. The van der Waals surface area contributed by atoms with Crippen molar-refractivity contribution in [3.63, 3.8) is 0 Å². The summed E-state index contributed by atoms with van der Waals surface area (Å²) in [5.41, 5.74) is 0. The van der Waals surface area contributed by atoms with Crippen molar-refractivity contribution < 1.29 is 8.42 Å². The number of hydrogen-bond donors (Lipinski definition) is 0. The molecule has 11 heavy (non-hydrogen) atoms. The van der Waals surface area contributed by atoms with Gasteiger partial charge >= 0.3 is 0 Å². The zero-order chi connectivity index (χ0) is 9.28. The SMILES string of the molecule is [CH2]S(=O)(=O)CC(Cl)(Cl)C(Cl)Cl. The van der Waals surface area contributed by atoms with Gasteiger partial charge in [0, 0.05) is 0 Å². The van der Waals surface area contributed by atoms with Crippen LogP contribution in [-0.2, 0) is 9.84 Å². The van der Waals surface area contributed by atoms with Gasteiger partial charge in [-0.1, -0.05) is 23.2 Å². The fourth-order valence-electron chi connectivity index (χ4n) is 0.356. The van der Waals surface area contributed by atoms with E-state index in [1.165, 1.54) is 0 Å². The summed E-state index contributed by atoms with van der Waals surface area (Å²) in [6, 6.07) is 0. The predicted octanol–water partition coefficient (Wildman–Crippen LogP) is 2.17. The lowest BCUT2D eigenvalue weighted by molar-refractivity contribution is 0.601. The molecule has 2 nitrogen and oxygen atoms in total. The molecule has 0 rings (SSSR count). The van der Waals surface area contributed by atoms with Crippen molar-refractivity contribution in [2.75, 3.05) is 5.75 Å². The Morgan fingerprint density at radius 2 is 1.73 bits per heavy atom. The van der Waals surface area contributed by atoms with Crippen LogP contribution in [0.1, 0.15) is 0 Å². The first kappa shape index (κ1) is 12.1. The molecule has 0 aliphatic carbocycles. The van der Waals surface area contributed by atoms with Crippen molar-refractivity contribution in [2.45, 2.75) is 9.17 Å². The molecule has 0 amide bonds. The van der Waals surface area contributed by atoms with Crippen LogP contribution in [0.2, 0.25) is 0 Å². The van der Waals surface area contributed by atoms with E-state index in [9.17, 15) is 8.42 Å². The third-order valence-corrected chi connectivity index (χ3v) is 3.84. The fourth-order valence-corrected chi connectivity index (χ4v) is 2.44. The number of alkyl halides is 4. The second kappa shape index (κ2) is 3.88. The van der Waals surface area contributed by atoms with Crippen LogP contribution in [0.3, 0.4) is 0 Å². The lowest BCUT2D eigenvalue weighted by atomic mass is 10.5. The van der Waals surface area contributed by atoms with Crippen molar-refractivity contribution in [2.24, 2.45) is 0 Å². The van der Waals surface area contributed by atoms with E-state index in [2.05, 4.69) is 6.26 Å². The molecule has 0 aliphatic rings. The zero-order valence-electron chi connectivity index (χ0n) is 5.23. The van der Waals surface area contributed by atoms with E-state index in [1.54, 1.807) is 0 Å². The van der Waals surface area contributed by atoms with Crippen LogP contribution in [0.25, 0.3) is 0 Å². The maximum atomic E-state index is 10.6. The van der Waals surface area contributed by atoms with Crippen molar-refractivity contribution in [1.29, 1.82) is 0 Å². The van der Waals surface area contributed by atoms with E-state index in [-0.39, 0.29) is 0 Å². The van der Waals surface area contributed by atoms with E-state index in [1.807, 2.05) is 0 Å². The van der Waals surface area contributed by atoms with Crippen LogP contribution in [0.15, 0.2) is 0 Å². The zero-order valence-corrected chi connectivity index (χ0v) is 9.07. The lowest BCUT2D eigenvalue weighted by Crippen LogP contribution is -2.30. The highest BCUT2D eigenvalue weighted by molar-refractivity contribution is 7.92. The highest BCUT2D eigenvalue weighted by atomic mass is 35.5. The van der Waals surface area contributed by atoms with Gasteiger partial charge in [-0.2, -0.15) is 0 Å². The lowest BCUT2D eigenvalue weighted by Gasteiger charge is -2.18. The minimum atomic E-state index is -3.51. The standard InChI is InChI=1S/C4H5Cl4O2S/c1-11(9,10)2-4(7,8)3(5)6/h3H,1-2H2. The van der Waals surface area contributed by atoms with Gasteiger partial charge in [-0.05, 0) is 0 Å². The van der Waals surface area contributed by atoms with Crippen LogP contribution in [0, 0.1) is 6.26 Å². The Balaban J connectivity index is 4.38. The molecule has 0 aromatic carbocycles. The highest BCUT2D eigenvalue weighted by Gasteiger charge is 2.35. The van der Waals surface area contributed by atoms with Gasteiger partial charge in [0.2, 0.25) is 0 Å². The van der Waals surface area contributed by atoms with Crippen molar-refractivity contribution in [1.82, 2.24) is 0 Å². The van der Waals surface area contributed by atoms with Crippen LogP contribution in [0.5, 0.6) is 0 Å². The first-order valence-corrected chi connectivity index (χ1v) is 5.82. The molecule has 0 fully saturated rings. The van der Waals surface area contributed by atoms with Crippen LogP contribution in [0.4, 0.5) is 0 Å². The van der Waals surface area contributed by atoms with Gasteiger partial charge < -0.3 is 0 Å². The van der Waals surface area contributed by atoms with Gasteiger partial charge in [-0.3, -0.25) is 0 Å². The average Bonchev–Trinajstić information content (AvgIpc) is 1.56. The second-order valence-corrected chi connectivity index (χ2v) is 6.36. The average molecular weight is 259 g/mol. The van der Waals surface area contributed by atoms with E-state index < -0.39 is 24.8 Å². The van der Waals surface area contributed by atoms with Crippen molar-refractivity contribution in [3.05, 3.63) is 6.26 Å². The molecule has 0 aromatic heterocycles. The normalized spacial score (nSPS) is 14.0. The van der Waals surface area contributed by atoms with Crippen LogP contribution >= 0.6 is 46.4 Å². The summed E-state index contributed by atoms with van der Waals surface area (Å²) in [5, 5.41) is 0.